The summed E-state index contributed by atoms with van der Waals surface area (Å²) >= 11 is 6.05. The van der Waals surface area contributed by atoms with E-state index < -0.39 is 0 Å². The molecule has 0 amide bonds. The fourth-order valence-electron chi connectivity index (χ4n) is 4.87. The molecule has 0 aliphatic rings. The molecule has 0 saturated heterocycles. The minimum Gasteiger partial charge on any atom is -1.00 e. The molecule has 0 spiro atoms. The quantitative estimate of drug-likeness (QED) is 0.200. The Balaban J connectivity index is 0.00000353. The van der Waals surface area contributed by atoms with Gasteiger partial charge in [0.1, 0.15) is 0 Å². The number of ether oxygens (including phenoxy) is 4. The van der Waals surface area contributed by atoms with E-state index >= 15 is 0 Å². The number of ketones is 1. The first kappa shape index (κ1) is 28.3. The van der Waals surface area contributed by atoms with Crippen LogP contribution >= 0.6 is 11.6 Å². The Bertz CT molecular complexity index is 1680. The fraction of sp³-hybridized carbons (Fsp3) is 0.200. The van der Waals surface area contributed by atoms with Crippen molar-refractivity contribution in [1.29, 1.82) is 0 Å². The molecule has 202 valence electrons. The van der Waals surface area contributed by atoms with E-state index in [1.54, 1.807) is 52.7 Å². The number of rotatable bonds is 8. The normalized spacial score (nSPS) is 10.8. The first-order valence-electron chi connectivity index (χ1n) is 12.0. The summed E-state index contributed by atoms with van der Waals surface area (Å²) in [4.78, 5) is 13.5. The van der Waals surface area contributed by atoms with Gasteiger partial charge < -0.3 is 35.9 Å². The van der Waals surface area contributed by atoms with Gasteiger partial charge in [0.05, 0.1) is 34.6 Å². The lowest BCUT2D eigenvalue weighted by atomic mass is 10.0. The lowest BCUT2D eigenvalue weighted by Gasteiger charge is -2.11. The molecule has 39 heavy (non-hydrogen) atoms. The Hall–Kier alpha value is -3.75. The van der Waals surface area contributed by atoms with E-state index in [0.717, 1.165) is 33.4 Å². The first-order valence-corrected chi connectivity index (χ1v) is 12.4. The van der Waals surface area contributed by atoms with Gasteiger partial charge in [-0.15, -0.1) is 0 Å². The summed E-state index contributed by atoms with van der Waals surface area (Å²) in [6, 6.07) is 18.7. The second-order valence-corrected chi connectivity index (χ2v) is 9.25. The minimum atomic E-state index is -0.0315. The average Bonchev–Trinajstić information content (AvgIpc) is 3.23. The molecule has 0 saturated carbocycles. The van der Waals surface area contributed by atoms with Crippen LogP contribution in [-0.4, -0.2) is 38.6 Å². The van der Waals surface area contributed by atoms with Crippen molar-refractivity contribution in [3.05, 3.63) is 83.3 Å². The molecular formula is C30H28BrClN2O5. The van der Waals surface area contributed by atoms with Gasteiger partial charge >= 0.3 is 0 Å². The summed E-state index contributed by atoms with van der Waals surface area (Å²) in [5.74, 6) is 3.34. The number of hydrogen-bond donors (Lipinski definition) is 0. The third-order valence-electron chi connectivity index (χ3n) is 6.81. The van der Waals surface area contributed by atoms with E-state index in [9.17, 15) is 4.79 Å². The van der Waals surface area contributed by atoms with Crippen LogP contribution in [0.25, 0.3) is 27.5 Å². The lowest BCUT2D eigenvalue weighted by Crippen LogP contribution is -3.00. The molecule has 5 rings (SSSR count). The largest absolute Gasteiger partial charge is 1.00 e. The number of methoxy groups -OCH3 is 4. The molecule has 5 aromatic rings. The summed E-state index contributed by atoms with van der Waals surface area (Å²) in [5, 5.41) is 2.52. The Kier molecular flexibility index (Phi) is 8.37. The Labute approximate surface area is 242 Å². The van der Waals surface area contributed by atoms with Crippen LogP contribution in [0.3, 0.4) is 0 Å². The number of fused-ring (bicyclic) bond motifs is 3. The van der Waals surface area contributed by atoms with Crippen molar-refractivity contribution < 1.29 is 45.3 Å². The van der Waals surface area contributed by atoms with Gasteiger partial charge in [-0.3, -0.25) is 4.79 Å². The van der Waals surface area contributed by atoms with E-state index in [4.69, 9.17) is 30.5 Å². The highest BCUT2D eigenvalue weighted by molar-refractivity contribution is 6.30. The predicted molar refractivity (Wildman–Crippen MR) is 147 cm³/mol. The van der Waals surface area contributed by atoms with Crippen molar-refractivity contribution >= 4 is 33.7 Å². The molecule has 0 unspecified atom stereocenters. The van der Waals surface area contributed by atoms with Crippen LogP contribution < -0.4 is 40.5 Å². The zero-order chi connectivity index (χ0) is 27.0. The molecule has 0 atom stereocenters. The van der Waals surface area contributed by atoms with Gasteiger partial charge in [0, 0.05) is 28.5 Å². The Morgan fingerprint density at radius 2 is 1.44 bits per heavy atom. The minimum absolute atomic E-state index is 0. The molecule has 7 nitrogen and oxygen atoms in total. The van der Waals surface area contributed by atoms with E-state index in [2.05, 4.69) is 4.40 Å². The molecule has 0 radical (unpaired) electrons. The number of nitrogens with zero attached hydrogens (tertiary/aromatic N) is 2. The number of carbonyl (C=O) groups is 1. The highest BCUT2D eigenvalue weighted by atomic mass is 79.9. The number of pyridine rings is 1. The zero-order valence-electron chi connectivity index (χ0n) is 22.2. The molecular weight excluding hydrogens is 584 g/mol. The maximum atomic E-state index is 13.5. The monoisotopic (exact) mass is 610 g/mol. The zero-order valence-corrected chi connectivity index (χ0v) is 24.6. The molecule has 0 aliphatic carbocycles. The van der Waals surface area contributed by atoms with Gasteiger partial charge in [0.2, 0.25) is 5.78 Å². The Morgan fingerprint density at radius 3 is 2.08 bits per heavy atom. The van der Waals surface area contributed by atoms with Crippen LogP contribution in [-0.2, 0) is 6.54 Å². The highest BCUT2D eigenvalue weighted by Gasteiger charge is 2.29. The number of hydrogen-bond acceptors (Lipinski definition) is 5. The molecule has 9 heteroatoms. The highest BCUT2D eigenvalue weighted by Crippen LogP contribution is 2.39. The van der Waals surface area contributed by atoms with E-state index in [1.165, 1.54) is 0 Å². The molecule has 0 bridgehead atoms. The van der Waals surface area contributed by atoms with Gasteiger partial charge in [-0.2, -0.15) is 4.40 Å². The van der Waals surface area contributed by atoms with E-state index in [-0.39, 0.29) is 29.3 Å². The maximum Gasteiger partial charge on any atom is 0.259 e. The molecule has 0 N–H and O–H groups in total. The number of Topliss-reactive ketones (excluding diaryl/α,β-unsaturated/α-hetero) is 1. The van der Waals surface area contributed by atoms with Crippen LogP contribution in [0.15, 0.2) is 66.9 Å². The third kappa shape index (κ3) is 5.02. The summed E-state index contributed by atoms with van der Waals surface area (Å²) in [7, 11) is 6.45. The van der Waals surface area contributed by atoms with Crippen LogP contribution in [0.1, 0.15) is 16.2 Å². The number of imidazole rings is 1. The predicted octanol–water partition coefficient (Wildman–Crippen LogP) is 2.93. The number of benzene rings is 3. The van der Waals surface area contributed by atoms with Crippen LogP contribution in [0.4, 0.5) is 0 Å². The maximum absolute atomic E-state index is 13.5. The molecule has 2 aromatic heterocycles. The second kappa shape index (κ2) is 11.6. The Morgan fingerprint density at radius 1 is 0.821 bits per heavy atom. The van der Waals surface area contributed by atoms with Crippen molar-refractivity contribution in [3.63, 3.8) is 0 Å². The average molecular weight is 612 g/mol. The lowest BCUT2D eigenvalue weighted by molar-refractivity contribution is -0.677. The summed E-state index contributed by atoms with van der Waals surface area (Å²) in [5.41, 5.74) is 3.26. The number of carbonyl (C=O) groups excluding carboxylic acids is 1. The number of halogens is 2. The fourth-order valence-corrected chi connectivity index (χ4v) is 4.99. The van der Waals surface area contributed by atoms with Crippen LogP contribution in [0.5, 0.6) is 23.0 Å². The third-order valence-corrected chi connectivity index (χ3v) is 7.07. The standard InChI is InChI=1S/C30H28ClN2O5.BrH/c1-18-32-13-12-20-14-27(37-4)28(38-5)16-23(20)30(32)29(21-8-11-25(35-2)26(15-21)36-3)33(18)17-24(34)19-6-9-22(31)10-7-19;/h6-16H,17H2,1-5H3;1H/q+1;/p-1. The van der Waals surface area contributed by atoms with Gasteiger partial charge in [0.15, 0.2) is 40.8 Å². The molecule has 0 aliphatic heterocycles. The number of aromatic nitrogens is 2. The van der Waals surface area contributed by atoms with Gasteiger partial charge in [0.25, 0.3) is 5.82 Å². The van der Waals surface area contributed by atoms with Crippen molar-refractivity contribution in [3.8, 4) is 34.3 Å². The molecule has 3 aromatic carbocycles. The van der Waals surface area contributed by atoms with Crippen LogP contribution in [0, 0.1) is 6.92 Å². The van der Waals surface area contributed by atoms with Gasteiger partial charge in [-0.25, -0.2) is 4.57 Å². The van der Waals surface area contributed by atoms with E-state index in [1.807, 2.05) is 54.1 Å². The smallest absolute Gasteiger partial charge is 0.259 e. The van der Waals surface area contributed by atoms with Crippen molar-refractivity contribution in [2.75, 3.05) is 28.4 Å². The first-order chi connectivity index (χ1) is 18.4. The summed E-state index contributed by atoms with van der Waals surface area (Å²) < 4.78 is 26.4. The molecule has 0 fully saturated rings. The van der Waals surface area contributed by atoms with Crippen molar-refractivity contribution in [1.82, 2.24) is 4.40 Å². The second-order valence-electron chi connectivity index (χ2n) is 8.81. The van der Waals surface area contributed by atoms with E-state index in [0.29, 0.717) is 33.6 Å². The van der Waals surface area contributed by atoms with Crippen molar-refractivity contribution in [2.45, 2.75) is 13.5 Å². The van der Waals surface area contributed by atoms with Crippen molar-refractivity contribution in [2.24, 2.45) is 0 Å². The van der Waals surface area contributed by atoms with Gasteiger partial charge in [-0.05, 0) is 66.0 Å². The van der Waals surface area contributed by atoms with Gasteiger partial charge in [-0.1, -0.05) is 11.6 Å². The topological polar surface area (TPSA) is 62.3 Å². The summed E-state index contributed by atoms with van der Waals surface area (Å²) in [6.07, 6.45) is 2.01. The SMILES string of the molecule is COc1ccc(-c2c3c4cc(OC)c(OC)cc4ccn3c(C)[n+]2CC(=O)c2ccc(Cl)cc2)cc1OC.[Br-]. The molecule has 2 heterocycles. The summed E-state index contributed by atoms with van der Waals surface area (Å²) in [6.45, 7) is 2.13. The number of aryl methyl sites for hydroxylation is 1. The van der Waals surface area contributed by atoms with Crippen LogP contribution in [0.2, 0.25) is 5.02 Å².